The number of anilines is 1. The Labute approximate surface area is 266 Å². The fourth-order valence-electron chi connectivity index (χ4n) is 6.86. The maximum Gasteiger partial charge on any atom is 0.434 e. The molecule has 1 aliphatic heterocycles. The zero-order valence-corrected chi connectivity index (χ0v) is 26.3. The number of nitrogens with one attached hydrogen (secondary N) is 1. The number of rotatable bonds is 6. The fraction of sp³-hybridized carbons (Fsp3) is 0.364. The van der Waals surface area contributed by atoms with Crippen LogP contribution in [0.1, 0.15) is 59.7 Å². The first kappa shape index (κ1) is 30.5. The molecule has 1 aliphatic carbocycles. The SMILES string of the molecule is CC(=O)c1cn(CC(=O)N2[C@H](C(=O)Nc3nc(C(F)(F)F)cnc3C)C[C@@]3(C)C[C@@H]23)c2c(C)cc(-c3cnc4cc(C)nn4c3)cc12. The lowest BCUT2D eigenvalue weighted by Gasteiger charge is -2.27. The predicted molar refractivity (Wildman–Crippen MR) is 166 cm³/mol. The van der Waals surface area contributed by atoms with Gasteiger partial charge in [0, 0.05) is 47.2 Å². The molecule has 242 valence electrons. The summed E-state index contributed by atoms with van der Waals surface area (Å²) in [6, 6.07) is 4.66. The van der Waals surface area contributed by atoms with Gasteiger partial charge in [0.15, 0.2) is 22.9 Å². The van der Waals surface area contributed by atoms with E-state index in [0.29, 0.717) is 35.5 Å². The number of fused-ring (bicyclic) bond motifs is 3. The van der Waals surface area contributed by atoms with Crippen LogP contribution in [0.15, 0.2) is 43.0 Å². The first-order valence-corrected chi connectivity index (χ1v) is 15.1. The molecule has 1 saturated heterocycles. The minimum atomic E-state index is -4.73. The van der Waals surface area contributed by atoms with Crippen molar-refractivity contribution in [1.29, 1.82) is 0 Å². The Morgan fingerprint density at radius 1 is 1.02 bits per heavy atom. The summed E-state index contributed by atoms with van der Waals surface area (Å²) in [5, 5.41) is 7.63. The van der Waals surface area contributed by atoms with E-state index in [1.54, 1.807) is 26.4 Å². The number of hydrogen-bond donors (Lipinski definition) is 1. The van der Waals surface area contributed by atoms with E-state index in [1.807, 2.05) is 45.2 Å². The number of aromatic nitrogens is 6. The molecule has 14 heteroatoms. The molecule has 2 fully saturated rings. The molecule has 7 rings (SSSR count). The van der Waals surface area contributed by atoms with Crippen molar-refractivity contribution in [2.45, 2.75) is 72.3 Å². The Hall–Kier alpha value is -5.14. The number of amides is 2. The maximum atomic E-state index is 14.0. The number of piperidine rings is 1. The zero-order chi connectivity index (χ0) is 33.6. The maximum absolute atomic E-state index is 14.0. The van der Waals surface area contributed by atoms with Crippen LogP contribution in [-0.2, 0) is 22.3 Å². The van der Waals surface area contributed by atoms with E-state index < -0.39 is 23.8 Å². The summed E-state index contributed by atoms with van der Waals surface area (Å²) in [5.41, 5.74) is 3.83. The lowest BCUT2D eigenvalue weighted by molar-refractivity contribution is -0.141. The van der Waals surface area contributed by atoms with Gasteiger partial charge in [0.1, 0.15) is 12.6 Å². The zero-order valence-electron chi connectivity index (χ0n) is 26.3. The third-order valence-corrected chi connectivity index (χ3v) is 9.33. The molecule has 0 radical (unpaired) electrons. The molecular weight excluding hydrogens is 613 g/mol. The number of hydrogen-bond acceptors (Lipinski definition) is 7. The average molecular weight is 645 g/mol. The molecule has 0 unspecified atom stereocenters. The average Bonchev–Trinajstić information content (AvgIpc) is 3.26. The van der Waals surface area contributed by atoms with Crippen LogP contribution in [0.3, 0.4) is 0 Å². The number of aryl methyl sites for hydroxylation is 3. The highest BCUT2D eigenvalue weighted by Gasteiger charge is 2.64. The number of ketones is 1. The first-order valence-electron chi connectivity index (χ1n) is 15.1. The summed E-state index contributed by atoms with van der Waals surface area (Å²) in [4.78, 5) is 53.7. The van der Waals surface area contributed by atoms with E-state index in [9.17, 15) is 27.6 Å². The number of benzene rings is 1. The molecular formula is C33H31F3N8O3. The van der Waals surface area contributed by atoms with Crippen LogP contribution in [0.4, 0.5) is 19.0 Å². The summed E-state index contributed by atoms with van der Waals surface area (Å²) in [6.45, 7) is 8.57. The van der Waals surface area contributed by atoms with Crippen LogP contribution < -0.4 is 5.32 Å². The van der Waals surface area contributed by atoms with E-state index >= 15 is 0 Å². The Bertz CT molecular complexity index is 2150. The number of carbonyl (C=O) groups excluding carboxylic acids is 3. The molecule has 0 bridgehead atoms. The summed E-state index contributed by atoms with van der Waals surface area (Å²) in [6.07, 6.45) is 2.26. The van der Waals surface area contributed by atoms with E-state index in [-0.39, 0.29) is 41.2 Å². The second-order valence-corrected chi connectivity index (χ2v) is 12.9. The minimum Gasteiger partial charge on any atom is -0.337 e. The van der Waals surface area contributed by atoms with Crippen LogP contribution in [-0.4, -0.2) is 63.7 Å². The molecule has 47 heavy (non-hydrogen) atoms. The number of nitrogens with zero attached hydrogens (tertiary/aromatic N) is 7. The monoisotopic (exact) mass is 644 g/mol. The topological polar surface area (TPSA) is 127 Å². The minimum absolute atomic E-state index is 0.124. The highest BCUT2D eigenvalue weighted by atomic mass is 19.4. The predicted octanol–water partition coefficient (Wildman–Crippen LogP) is 5.31. The molecule has 1 N–H and O–H groups in total. The molecule has 3 atom stereocenters. The second kappa shape index (κ2) is 10.4. The standard InChI is InChI=1S/C33H31F3N8O3/c1-16-6-20(21-11-38-27-7-17(2)41-43(27)13-21)8-22-23(19(4)45)14-42(29(16)22)15-28(46)44-24(9-32(5)10-26(32)44)31(47)40-30-18(3)37-12-25(39-30)33(34,35)36/h6-8,11-14,24,26H,9-10,15H2,1-5H3,(H,39,40,47)/t24-,26+,32-/m0/s1. The molecule has 1 saturated carbocycles. The summed E-state index contributed by atoms with van der Waals surface area (Å²) in [7, 11) is 0. The van der Waals surface area contributed by atoms with Gasteiger partial charge in [-0.3, -0.25) is 19.4 Å². The first-order chi connectivity index (χ1) is 22.1. The van der Waals surface area contributed by atoms with Gasteiger partial charge in [-0.2, -0.15) is 18.3 Å². The molecule has 5 heterocycles. The van der Waals surface area contributed by atoms with Gasteiger partial charge in [0.25, 0.3) is 0 Å². The second-order valence-electron chi connectivity index (χ2n) is 12.9. The van der Waals surface area contributed by atoms with Crippen molar-refractivity contribution >= 4 is 40.0 Å². The Morgan fingerprint density at radius 2 is 1.79 bits per heavy atom. The van der Waals surface area contributed by atoms with Crippen molar-refractivity contribution in [3.63, 3.8) is 0 Å². The van der Waals surface area contributed by atoms with Gasteiger partial charge in [-0.15, -0.1) is 0 Å². The number of likely N-dealkylation sites (tertiary alicyclic amines) is 1. The molecule has 2 amide bonds. The van der Waals surface area contributed by atoms with Crippen molar-refractivity contribution in [3.8, 4) is 11.1 Å². The van der Waals surface area contributed by atoms with Crippen molar-refractivity contribution in [1.82, 2.24) is 34.0 Å². The van der Waals surface area contributed by atoms with Crippen LogP contribution in [0.2, 0.25) is 0 Å². The Morgan fingerprint density at radius 3 is 2.51 bits per heavy atom. The number of Topliss-reactive ketones (excluding diaryl/α,β-unsaturated/α-hetero) is 1. The van der Waals surface area contributed by atoms with Gasteiger partial charge in [0.05, 0.1) is 23.1 Å². The van der Waals surface area contributed by atoms with Gasteiger partial charge in [0.2, 0.25) is 11.8 Å². The van der Waals surface area contributed by atoms with Crippen LogP contribution in [0, 0.1) is 26.2 Å². The third kappa shape index (κ3) is 5.21. The lowest BCUT2D eigenvalue weighted by Crippen LogP contribution is -2.46. The molecule has 0 spiro atoms. The van der Waals surface area contributed by atoms with Crippen molar-refractivity contribution in [2.24, 2.45) is 5.41 Å². The van der Waals surface area contributed by atoms with Gasteiger partial charge >= 0.3 is 6.18 Å². The van der Waals surface area contributed by atoms with E-state index in [0.717, 1.165) is 28.0 Å². The number of carbonyl (C=O) groups is 3. The van der Waals surface area contributed by atoms with Gasteiger partial charge in [-0.25, -0.2) is 14.5 Å². The fourth-order valence-corrected chi connectivity index (χ4v) is 6.86. The Kier molecular flexibility index (Phi) is 6.78. The molecule has 11 nitrogen and oxygen atoms in total. The molecule has 5 aromatic rings. The van der Waals surface area contributed by atoms with Crippen LogP contribution in [0.5, 0.6) is 0 Å². The molecule has 4 aromatic heterocycles. The quantitative estimate of drug-likeness (QED) is 0.249. The van der Waals surface area contributed by atoms with Crippen LogP contribution in [0.25, 0.3) is 27.7 Å². The highest BCUT2D eigenvalue weighted by molar-refractivity contribution is 6.09. The summed E-state index contributed by atoms with van der Waals surface area (Å²) < 4.78 is 43.3. The normalized spacial score (nSPS) is 20.6. The van der Waals surface area contributed by atoms with Gasteiger partial charge < -0.3 is 14.8 Å². The van der Waals surface area contributed by atoms with E-state index in [1.165, 1.54) is 13.8 Å². The summed E-state index contributed by atoms with van der Waals surface area (Å²) >= 11 is 0. The smallest absolute Gasteiger partial charge is 0.337 e. The largest absolute Gasteiger partial charge is 0.434 e. The highest BCUT2D eigenvalue weighted by Crippen LogP contribution is 2.59. The van der Waals surface area contributed by atoms with Crippen molar-refractivity contribution in [2.75, 3.05) is 5.32 Å². The van der Waals surface area contributed by atoms with E-state index in [4.69, 9.17) is 0 Å². The molecule has 1 aromatic carbocycles. The Balaban J connectivity index is 1.19. The van der Waals surface area contributed by atoms with Crippen molar-refractivity contribution in [3.05, 3.63) is 71.2 Å². The van der Waals surface area contributed by atoms with E-state index in [2.05, 4.69) is 25.4 Å². The number of halogens is 3. The number of alkyl halides is 3. The van der Waals surface area contributed by atoms with Gasteiger partial charge in [-0.1, -0.05) is 6.92 Å². The third-order valence-electron chi connectivity index (χ3n) is 9.33. The lowest BCUT2D eigenvalue weighted by atomic mass is 10.0. The van der Waals surface area contributed by atoms with Crippen LogP contribution >= 0.6 is 0 Å². The van der Waals surface area contributed by atoms with Crippen molar-refractivity contribution < 1.29 is 27.6 Å². The summed E-state index contributed by atoms with van der Waals surface area (Å²) in [5.74, 6) is -1.42. The van der Waals surface area contributed by atoms with Gasteiger partial charge in [-0.05, 0) is 69.2 Å². The molecule has 2 aliphatic rings.